The molecule has 0 amide bonds. The van der Waals surface area contributed by atoms with E-state index in [0.29, 0.717) is 5.82 Å². The van der Waals surface area contributed by atoms with Crippen molar-refractivity contribution >= 4 is 17.2 Å². The average Bonchev–Trinajstić information content (AvgIpc) is 2.67. The average molecular weight is 248 g/mol. The van der Waals surface area contributed by atoms with Gasteiger partial charge >= 0.3 is 0 Å². The number of hydrogen-bond acceptors (Lipinski definition) is 5. The molecule has 0 aliphatic rings. The van der Waals surface area contributed by atoms with E-state index in [0.717, 1.165) is 29.1 Å². The summed E-state index contributed by atoms with van der Waals surface area (Å²) < 4.78 is 0. The molecule has 0 fully saturated rings. The molecule has 0 aliphatic carbocycles. The molecule has 4 N–H and O–H groups in total. The summed E-state index contributed by atoms with van der Waals surface area (Å²) in [4.78, 5) is 8.46. The minimum absolute atomic E-state index is 0.0343. The Labute approximate surface area is 105 Å². The van der Waals surface area contributed by atoms with E-state index in [1.165, 1.54) is 0 Å². The molecule has 2 heterocycles. The first-order valence-corrected chi connectivity index (χ1v) is 6.39. The zero-order valence-corrected chi connectivity index (χ0v) is 10.6. The summed E-state index contributed by atoms with van der Waals surface area (Å²) in [6, 6.07) is 3.88. The highest BCUT2D eigenvalue weighted by Gasteiger charge is 2.10. The van der Waals surface area contributed by atoms with Gasteiger partial charge in [0.05, 0.1) is 5.01 Å². The molecule has 0 aliphatic heterocycles. The molecular weight excluding hydrogens is 232 g/mol. The highest BCUT2D eigenvalue weighted by Crippen LogP contribution is 2.14. The maximum atomic E-state index is 6.10. The van der Waals surface area contributed by atoms with Crippen LogP contribution < -0.4 is 11.5 Å². The lowest BCUT2D eigenvalue weighted by atomic mass is 10.1. The van der Waals surface area contributed by atoms with Crippen LogP contribution in [0.15, 0.2) is 23.7 Å². The van der Waals surface area contributed by atoms with Crippen molar-refractivity contribution in [2.24, 2.45) is 5.73 Å². The first-order valence-electron chi connectivity index (χ1n) is 5.51. The van der Waals surface area contributed by atoms with Gasteiger partial charge in [-0.3, -0.25) is 0 Å². The van der Waals surface area contributed by atoms with E-state index in [9.17, 15) is 0 Å². The first-order chi connectivity index (χ1) is 8.15. The number of nitrogen functional groups attached to an aromatic ring is 1. The van der Waals surface area contributed by atoms with Crippen LogP contribution in [0.4, 0.5) is 5.82 Å². The Kier molecular flexibility index (Phi) is 3.71. The second-order valence-electron chi connectivity index (χ2n) is 4.10. The summed E-state index contributed by atoms with van der Waals surface area (Å²) >= 11 is 1.65. The molecule has 0 aromatic carbocycles. The normalized spacial score (nSPS) is 12.6. The first kappa shape index (κ1) is 12.0. The molecule has 2 aromatic rings. The Bertz CT molecular complexity index is 495. The molecule has 90 valence electrons. The number of nitrogens with zero attached hydrogens (tertiary/aromatic N) is 2. The van der Waals surface area contributed by atoms with Crippen molar-refractivity contribution in [1.82, 2.24) is 9.97 Å². The van der Waals surface area contributed by atoms with Crippen molar-refractivity contribution in [3.63, 3.8) is 0 Å². The van der Waals surface area contributed by atoms with E-state index in [4.69, 9.17) is 11.5 Å². The van der Waals surface area contributed by atoms with E-state index in [1.54, 1.807) is 17.5 Å². The molecule has 2 rings (SSSR count). The lowest BCUT2D eigenvalue weighted by Gasteiger charge is -2.10. The minimum Gasteiger partial charge on any atom is -0.383 e. The summed E-state index contributed by atoms with van der Waals surface area (Å²) in [6.45, 7) is 1.99. The van der Waals surface area contributed by atoms with E-state index in [2.05, 4.69) is 9.97 Å². The molecule has 1 unspecified atom stereocenters. The van der Waals surface area contributed by atoms with Gasteiger partial charge in [-0.25, -0.2) is 9.97 Å². The fourth-order valence-corrected chi connectivity index (χ4v) is 2.57. The van der Waals surface area contributed by atoms with Crippen LogP contribution in [0.3, 0.4) is 0 Å². The fourth-order valence-electron chi connectivity index (χ4n) is 1.70. The number of anilines is 1. The van der Waals surface area contributed by atoms with Crippen LogP contribution in [0.25, 0.3) is 0 Å². The van der Waals surface area contributed by atoms with Crippen LogP contribution in [0.1, 0.15) is 16.3 Å². The van der Waals surface area contributed by atoms with Gasteiger partial charge < -0.3 is 11.5 Å². The van der Waals surface area contributed by atoms with Crippen LogP contribution in [0.2, 0.25) is 0 Å². The van der Waals surface area contributed by atoms with Gasteiger partial charge in [0.2, 0.25) is 0 Å². The van der Waals surface area contributed by atoms with E-state index >= 15 is 0 Å². The van der Waals surface area contributed by atoms with Gasteiger partial charge in [0.15, 0.2) is 0 Å². The molecule has 0 saturated carbocycles. The Morgan fingerprint density at radius 2 is 2.24 bits per heavy atom. The van der Waals surface area contributed by atoms with Gasteiger partial charge in [-0.1, -0.05) is 6.07 Å². The summed E-state index contributed by atoms with van der Waals surface area (Å²) in [5.74, 6) is 0.568. The summed E-state index contributed by atoms with van der Waals surface area (Å²) in [5.41, 5.74) is 13.9. The standard InChI is InChI=1S/C12H16N4S/c1-8-7-17-11(16-8)6-10(13)5-9-3-2-4-15-12(9)14/h2-4,7,10H,5-6,13H2,1H3,(H2,14,15). The van der Waals surface area contributed by atoms with Crippen molar-refractivity contribution in [3.05, 3.63) is 40.0 Å². The number of thiazole rings is 1. The van der Waals surface area contributed by atoms with Crippen molar-refractivity contribution < 1.29 is 0 Å². The van der Waals surface area contributed by atoms with Crippen LogP contribution in [-0.2, 0) is 12.8 Å². The molecule has 0 bridgehead atoms. The maximum absolute atomic E-state index is 6.10. The van der Waals surface area contributed by atoms with Crippen LogP contribution >= 0.6 is 11.3 Å². The molecule has 17 heavy (non-hydrogen) atoms. The van der Waals surface area contributed by atoms with Gasteiger partial charge in [-0.15, -0.1) is 11.3 Å². The lowest BCUT2D eigenvalue weighted by Crippen LogP contribution is -2.26. The predicted molar refractivity (Wildman–Crippen MR) is 70.9 cm³/mol. The van der Waals surface area contributed by atoms with Crippen molar-refractivity contribution in [2.45, 2.75) is 25.8 Å². The molecule has 0 radical (unpaired) electrons. The quantitative estimate of drug-likeness (QED) is 0.860. The number of rotatable bonds is 4. The predicted octanol–water partition coefficient (Wildman–Crippen LogP) is 1.54. The van der Waals surface area contributed by atoms with Gasteiger partial charge in [0.25, 0.3) is 0 Å². The van der Waals surface area contributed by atoms with Crippen LogP contribution in [0.5, 0.6) is 0 Å². The Balaban J connectivity index is 1.98. The Morgan fingerprint density at radius 1 is 1.41 bits per heavy atom. The smallest absolute Gasteiger partial charge is 0.126 e. The van der Waals surface area contributed by atoms with E-state index < -0.39 is 0 Å². The number of pyridine rings is 1. The molecule has 1 atom stereocenters. The molecule has 0 spiro atoms. The third-order valence-electron chi connectivity index (χ3n) is 2.51. The van der Waals surface area contributed by atoms with Crippen molar-refractivity contribution in [1.29, 1.82) is 0 Å². The second kappa shape index (κ2) is 5.25. The molecule has 0 saturated heterocycles. The topological polar surface area (TPSA) is 77.8 Å². The van der Waals surface area contributed by atoms with Gasteiger partial charge in [0.1, 0.15) is 5.82 Å². The van der Waals surface area contributed by atoms with Gasteiger partial charge in [0, 0.05) is 29.7 Å². The summed E-state index contributed by atoms with van der Waals surface area (Å²) in [6.07, 6.45) is 3.21. The molecule has 4 nitrogen and oxygen atoms in total. The minimum atomic E-state index is 0.0343. The van der Waals surface area contributed by atoms with Gasteiger partial charge in [-0.2, -0.15) is 0 Å². The summed E-state index contributed by atoms with van der Waals surface area (Å²) in [5, 5.41) is 3.12. The van der Waals surface area contributed by atoms with E-state index in [1.807, 2.05) is 24.4 Å². The number of aryl methyl sites for hydroxylation is 1. The third kappa shape index (κ3) is 3.25. The highest BCUT2D eigenvalue weighted by molar-refractivity contribution is 7.09. The summed E-state index contributed by atoms with van der Waals surface area (Å²) in [7, 11) is 0. The van der Waals surface area contributed by atoms with Crippen molar-refractivity contribution in [2.75, 3.05) is 5.73 Å². The number of nitrogens with two attached hydrogens (primary N) is 2. The van der Waals surface area contributed by atoms with Crippen molar-refractivity contribution in [3.8, 4) is 0 Å². The fraction of sp³-hybridized carbons (Fsp3) is 0.333. The van der Waals surface area contributed by atoms with E-state index in [-0.39, 0.29) is 6.04 Å². The number of hydrogen-bond donors (Lipinski definition) is 2. The maximum Gasteiger partial charge on any atom is 0.126 e. The largest absolute Gasteiger partial charge is 0.383 e. The molecule has 2 aromatic heterocycles. The SMILES string of the molecule is Cc1csc(CC(N)Cc2cccnc2N)n1. The van der Waals surface area contributed by atoms with Gasteiger partial charge in [-0.05, 0) is 25.0 Å². The zero-order chi connectivity index (χ0) is 12.3. The highest BCUT2D eigenvalue weighted by atomic mass is 32.1. The lowest BCUT2D eigenvalue weighted by molar-refractivity contribution is 0.661. The molecular formula is C12H16N4S. The second-order valence-corrected chi connectivity index (χ2v) is 5.04. The third-order valence-corrected chi connectivity index (χ3v) is 3.50. The van der Waals surface area contributed by atoms with Crippen LogP contribution in [0, 0.1) is 6.92 Å². The monoisotopic (exact) mass is 248 g/mol. The zero-order valence-electron chi connectivity index (χ0n) is 9.76. The number of aromatic nitrogens is 2. The van der Waals surface area contributed by atoms with Crippen LogP contribution in [-0.4, -0.2) is 16.0 Å². The molecule has 5 heteroatoms. The Morgan fingerprint density at radius 3 is 2.88 bits per heavy atom. The Hall–Kier alpha value is -1.46.